The topological polar surface area (TPSA) is 69.6 Å². The van der Waals surface area contributed by atoms with Crippen LogP contribution in [0.4, 0.5) is 5.82 Å². The maximum Gasteiger partial charge on any atom is 0.228 e. The van der Waals surface area contributed by atoms with E-state index in [0.717, 1.165) is 30.2 Å². The second-order valence-corrected chi connectivity index (χ2v) is 8.00. The van der Waals surface area contributed by atoms with E-state index >= 15 is 0 Å². The van der Waals surface area contributed by atoms with Crippen molar-refractivity contribution in [3.63, 3.8) is 0 Å². The molecule has 7 heteroatoms. The standard InChI is InChI=1S/C22H27N5O2/c1-16(2)27-15-18(14-21(27)28)22(29)26-12-10-25(11-13-26)20-9-8-19(23-24-20)17-6-4-3-5-7-17/h3-9,16,18H,10-15H2,1-2H3. The summed E-state index contributed by atoms with van der Waals surface area (Å²) in [6.45, 7) is 7.27. The molecule has 0 saturated carbocycles. The third kappa shape index (κ3) is 4.09. The minimum atomic E-state index is -0.207. The Balaban J connectivity index is 1.34. The van der Waals surface area contributed by atoms with Gasteiger partial charge in [0.25, 0.3) is 0 Å². The summed E-state index contributed by atoms with van der Waals surface area (Å²) >= 11 is 0. The van der Waals surface area contributed by atoms with Crippen molar-refractivity contribution in [1.82, 2.24) is 20.0 Å². The average molecular weight is 393 g/mol. The highest BCUT2D eigenvalue weighted by Gasteiger charge is 2.38. The molecule has 2 aliphatic heterocycles. The maximum absolute atomic E-state index is 12.9. The van der Waals surface area contributed by atoms with Crippen molar-refractivity contribution >= 4 is 17.6 Å². The Morgan fingerprint density at radius 1 is 1.00 bits per heavy atom. The summed E-state index contributed by atoms with van der Waals surface area (Å²) in [5.74, 6) is 0.817. The lowest BCUT2D eigenvalue weighted by Crippen LogP contribution is -2.51. The van der Waals surface area contributed by atoms with Crippen LogP contribution in [0.2, 0.25) is 0 Å². The number of likely N-dealkylation sites (tertiary alicyclic amines) is 1. The summed E-state index contributed by atoms with van der Waals surface area (Å²) in [5, 5.41) is 8.75. The van der Waals surface area contributed by atoms with Gasteiger partial charge in [0.15, 0.2) is 5.82 Å². The fraction of sp³-hybridized carbons (Fsp3) is 0.455. The Hall–Kier alpha value is -2.96. The van der Waals surface area contributed by atoms with Crippen LogP contribution in [-0.2, 0) is 9.59 Å². The molecular weight excluding hydrogens is 366 g/mol. The van der Waals surface area contributed by atoms with Gasteiger partial charge in [-0.3, -0.25) is 9.59 Å². The molecule has 1 unspecified atom stereocenters. The van der Waals surface area contributed by atoms with E-state index in [2.05, 4.69) is 15.1 Å². The lowest BCUT2D eigenvalue weighted by Gasteiger charge is -2.36. The van der Waals surface area contributed by atoms with Crippen molar-refractivity contribution in [2.75, 3.05) is 37.6 Å². The van der Waals surface area contributed by atoms with E-state index in [4.69, 9.17) is 0 Å². The van der Waals surface area contributed by atoms with E-state index < -0.39 is 0 Å². The Morgan fingerprint density at radius 2 is 1.72 bits per heavy atom. The summed E-state index contributed by atoms with van der Waals surface area (Å²) in [7, 11) is 0. The molecule has 2 saturated heterocycles. The molecule has 0 N–H and O–H groups in total. The number of hydrogen-bond donors (Lipinski definition) is 0. The third-order valence-electron chi connectivity index (χ3n) is 5.77. The molecule has 0 bridgehead atoms. The maximum atomic E-state index is 12.9. The number of anilines is 1. The number of aromatic nitrogens is 2. The first-order valence-corrected chi connectivity index (χ1v) is 10.3. The zero-order valence-corrected chi connectivity index (χ0v) is 17.0. The molecule has 0 radical (unpaired) electrons. The highest BCUT2D eigenvalue weighted by atomic mass is 16.2. The molecule has 29 heavy (non-hydrogen) atoms. The molecule has 3 heterocycles. The van der Waals surface area contributed by atoms with Crippen molar-refractivity contribution in [2.24, 2.45) is 5.92 Å². The predicted octanol–water partition coefficient (Wildman–Crippen LogP) is 2.05. The predicted molar refractivity (Wildman–Crippen MR) is 111 cm³/mol. The van der Waals surface area contributed by atoms with Crippen molar-refractivity contribution in [1.29, 1.82) is 0 Å². The number of benzene rings is 1. The Bertz CT molecular complexity index is 861. The first kappa shape index (κ1) is 19.4. The summed E-state index contributed by atoms with van der Waals surface area (Å²) in [5.41, 5.74) is 1.90. The molecule has 0 aliphatic carbocycles. The fourth-order valence-corrected chi connectivity index (χ4v) is 4.07. The van der Waals surface area contributed by atoms with Gasteiger partial charge in [-0.15, -0.1) is 10.2 Å². The van der Waals surface area contributed by atoms with Crippen molar-refractivity contribution in [3.05, 3.63) is 42.5 Å². The number of hydrogen-bond acceptors (Lipinski definition) is 5. The highest BCUT2D eigenvalue weighted by molar-refractivity contribution is 5.89. The van der Waals surface area contributed by atoms with Gasteiger partial charge in [0.05, 0.1) is 11.6 Å². The zero-order chi connectivity index (χ0) is 20.4. The normalized spacial score (nSPS) is 19.9. The molecule has 2 fully saturated rings. The number of amides is 2. The van der Waals surface area contributed by atoms with Gasteiger partial charge in [-0.1, -0.05) is 30.3 Å². The SMILES string of the molecule is CC(C)N1CC(C(=O)N2CCN(c3ccc(-c4ccccc4)nn3)CC2)CC1=O. The van der Waals surface area contributed by atoms with Crippen molar-refractivity contribution in [2.45, 2.75) is 26.3 Å². The number of carbonyl (C=O) groups excluding carboxylic acids is 2. The van der Waals surface area contributed by atoms with Gasteiger partial charge in [0, 0.05) is 50.7 Å². The molecule has 2 amide bonds. The molecular formula is C22H27N5O2. The average Bonchev–Trinajstić information content (AvgIpc) is 3.16. The Labute approximate surface area is 171 Å². The van der Waals surface area contributed by atoms with Gasteiger partial charge < -0.3 is 14.7 Å². The quantitative estimate of drug-likeness (QED) is 0.795. The van der Waals surface area contributed by atoms with Crippen LogP contribution in [0, 0.1) is 5.92 Å². The van der Waals surface area contributed by atoms with Crippen LogP contribution < -0.4 is 4.90 Å². The summed E-state index contributed by atoms with van der Waals surface area (Å²) < 4.78 is 0. The second-order valence-electron chi connectivity index (χ2n) is 8.00. The van der Waals surface area contributed by atoms with Crippen molar-refractivity contribution < 1.29 is 9.59 Å². The highest BCUT2D eigenvalue weighted by Crippen LogP contribution is 2.24. The summed E-state index contributed by atoms with van der Waals surface area (Å²) in [6, 6.07) is 14.1. The van der Waals surface area contributed by atoms with E-state index in [1.54, 1.807) is 0 Å². The molecule has 2 aliphatic rings. The van der Waals surface area contributed by atoms with Gasteiger partial charge >= 0.3 is 0 Å². The van der Waals surface area contributed by atoms with Gasteiger partial charge in [0.2, 0.25) is 11.8 Å². The van der Waals surface area contributed by atoms with Crippen LogP contribution in [0.15, 0.2) is 42.5 Å². The minimum Gasteiger partial charge on any atom is -0.352 e. The van der Waals surface area contributed by atoms with E-state index in [1.165, 1.54) is 0 Å². The van der Waals surface area contributed by atoms with E-state index in [-0.39, 0.29) is 23.8 Å². The lowest BCUT2D eigenvalue weighted by atomic mass is 10.1. The summed E-state index contributed by atoms with van der Waals surface area (Å²) in [4.78, 5) is 30.8. The minimum absolute atomic E-state index is 0.0887. The van der Waals surface area contributed by atoms with Crippen LogP contribution in [-0.4, -0.2) is 70.6 Å². The molecule has 4 rings (SSSR count). The Morgan fingerprint density at radius 3 is 2.31 bits per heavy atom. The van der Waals surface area contributed by atoms with E-state index in [9.17, 15) is 9.59 Å². The molecule has 0 spiro atoms. The van der Waals surface area contributed by atoms with Crippen molar-refractivity contribution in [3.8, 4) is 11.3 Å². The number of rotatable bonds is 4. The molecule has 7 nitrogen and oxygen atoms in total. The van der Waals surface area contributed by atoms with Gasteiger partial charge in [-0.25, -0.2) is 0 Å². The van der Waals surface area contributed by atoms with E-state index in [0.29, 0.717) is 26.1 Å². The molecule has 1 atom stereocenters. The first-order valence-electron chi connectivity index (χ1n) is 10.3. The fourth-order valence-electron chi connectivity index (χ4n) is 4.07. The summed E-state index contributed by atoms with van der Waals surface area (Å²) in [6.07, 6.45) is 0.337. The number of carbonyl (C=O) groups is 2. The van der Waals surface area contributed by atoms with Crippen LogP contribution in [0.3, 0.4) is 0 Å². The van der Waals surface area contributed by atoms with E-state index in [1.807, 2.05) is 66.1 Å². The molecule has 2 aromatic rings. The number of piperazine rings is 1. The molecule has 1 aromatic carbocycles. The lowest BCUT2D eigenvalue weighted by molar-refractivity contribution is -0.136. The monoisotopic (exact) mass is 393 g/mol. The van der Waals surface area contributed by atoms with Crippen LogP contribution in [0.5, 0.6) is 0 Å². The third-order valence-corrected chi connectivity index (χ3v) is 5.77. The van der Waals surface area contributed by atoms with Crippen LogP contribution in [0.25, 0.3) is 11.3 Å². The Kier molecular flexibility index (Phi) is 5.47. The van der Waals surface area contributed by atoms with Gasteiger partial charge in [-0.05, 0) is 26.0 Å². The molecule has 152 valence electrons. The largest absolute Gasteiger partial charge is 0.352 e. The van der Waals surface area contributed by atoms with Gasteiger partial charge in [0.1, 0.15) is 0 Å². The van der Waals surface area contributed by atoms with Crippen LogP contribution >= 0.6 is 0 Å². The molecule has 1 aromatic heterocycles. The smallest absolute Gasteiger partial charge is 0.228 e. The number of nitrogens with zero attached hydrogens (tertiary/aromatic N) is 5. The second kappa shape index (κ2) is 8.19. The van der Waals surface area contributed by atoms with Gasteiger partial charge in [-0.2, -0.15) is 0 Å². The zero-order valence-electron chi connectivity index (χ0n) is 17.0. The first-order chi connectivity index (χ1) is 14.0. The van der Waals surface area contributed by atoms with Crippen LogP contribution in [0.1, 0.15) is 20.3 Å².